The highest BCUT2D eigenvalue weighted by Crippen LogP contribution is 2.20. The minimum Gasteiger partial charge on any atom is -0.343 e. The summed E-state index contributed by atoms with van der Waals surface area (Å²) in [6, 6.07) is 1.06. The fourth-order valence-corrected chi connectivity index (χ4v) is 2.39. The maximum atomic E-state index is 11.1. The number of rotatable bonds is 1. The van der Waals surface area contributed by atoms with Gasteiger partial charge in [-0.05, 0) is 12.8 Å². The second-order valence-corrected chi connectivity index (χ2v) is 4.45. The van der Waals surface area contributed by atoms with Crippen molar-refractivity contribution in [2.24, 2.45) is 5.73 Å². The van der Waals surface area contributed by atoms with Crippen LogP contribution in [0, 0.1) is 0 Å². The number of carbonyl (C=O) groups is 1. The molecule has 2 aliphatic heterocycles. The molecule has 0 spiro atoms. The van der Waals surface area contributed by atoms with E-state index in [1.165, 1.54) is 0 Å². The van der Waals surface area contributed by atoms with Gasteiger partial charge in [0, 0.05) is 45.2 Å². The topological polar surface area (TPSA) is 49.6 Å². The summed E-state index contributed by atoms with van der Waals surface area (Å²) in [5, 5.41) is 0. The van der Waals surface area contributed by atoms with Crippen molar-refractivity contribution in [1.29, 1.82) is 0 Å². The van der Waals surface area contributed by atoms with Crippen molar-refractivity contribution in [2.75, 3.05) is 26.2 Å². The van der Waals surface area contributed by atoms with Gasteiger partial charge in [-0.3, -0.25) is 9.69 Å². The molecule has 0 radical (unpaired) electrons. The minimum atomic E-state index is 0.212. The van der Waals surface area contributed by atoms with E-state index in [0.717, 1.165) is 39.0 Å². The molecule has 2 saturated heterocycles. The van der Waals surface area contributed by atoms with Gasteiger partial charge in [-0.25, -0.2) is 0 Å². The molecule has 0 unspecified atom stereocenters. The van der Waals surface area contributed by atoms with E-state index in [1.807, 2.05) is 4.90 Å². The van der Waals surface area contributed by atoms with E-state index in [1.54, 1.807) is 6.92 Å². The molecule has 0 aromatic carbocycles. The molecule has 0 bridgehead atoms. The summed E-state index contributed by atoms with van der Waals surface area (Å²) in [5.41, 5.74) is 5.74. The van der Waals surface area contributed by atoms with Gasteiger partial charge in [0.15, 0.2) is 0 Å². The Labute approximate surface area is 85.0 Å². The van der Waals surface area contributed by atoms with Crippen LogP contribution in [-0.4, -0.2) is 54.0 Å². The van der Waals surface area contributed by atoms with E-state index in [-0.39, 0.29) is 5.91 Å². The molecule has 2 rings (SSSR count). The molecule has 2 aliphatic rings. The van der Waals surface area contributed by atoms with Crippen LogP contribution >= 0.6 is 0 Å². The number of nitrogens with two attached hydrogens (primary N) is 1. The molecule has 4 heteroatoms. The Bertz CT molecular complexity index is 217. The van der Waals surface area contributed by atoms with E-state index in [2.05, 4.69) is 4.90 Å². The van der Waals surface area contributed by atoms with E-state index in [9.17, 15) is 4.79 Å². The number of carbonyl (C=O) groups excluding carboxylic acids is 1. The van der Waals surface area contributed by atoms with Crippen molar-refractivity contribution >= 4 is 5.91 Å². The third kappa shape index (κ3) is 1.91. The SMILES string of the molecule is CC(=O)N1CCC(N2CC(N)C2)CC1. The number of hydrogen-bond donors (Lipinski definition) is 1. The van der Waals surface area contributed by atoms with Crippen molar-refractivity contribution in [3.8, 4) is 0 Å². The monoisotopic (exact) mass is 197 g/mol. The highest BCUT2D eigenvalue weighted by Gasteiger charge is 2.32. The van der Waals surface area contributed by atoms with Crippen LogP contribution in [0.2, 0.25) is 0 Å². The lowest BCUT2D eigenvalue weighted by Crippen LogP contribution is -2.61. The van der Waals surface area contributed by atoms with Crippen LogP contribution in [0.3, 0.4) is 0 Å². The van der Waals surface area contributed by atoms with Crippen LogP contribution in [0.25, 0.3) is 0 Å². The Hall–Kier alpha value is -0.610. The largest absolute Gasteiger partial charge is 0.343 e. The molecule has 14 heavy (non-hydrogen) atoms. The molecule has 2 N–H and O–H groups in total. The van der Waals surface area contributed by atoms with Crippen LogP contribution in [0.4, 0.5) is 0 Å². The van der Waals surface area contributed by atoms with Gasteiger partial charge in [-0.15, -0.1) is 0 Å². The highest BCUT2D eigenvalue weighted by atomic mass is 16.2. The van der Waals surface area contributed by atoms with Crippen molar-refractivity contribution < 1.29 is 4.79 Å². The zero-order chi connectivity index (χ0) is 10.1. The molecule has 0 aliphatic carbocycles. The van der Waals surface area contributed by atoms with Gasteiger partial charge in [0.1, 0.15) is 0 Å². The first-order valence-electron chi connectivity index (χ1n) is 5.42. The van der Waals surface area contributed by atoms with Gasteiger partial charge in [0.25, 0.3) is 0 Å². The lowest BCUT2D eigenvalue weighted by atomic mass is 9.98. The van der Waals surface area contributed by atoms with Crippen LogP contribution < -0.4 is 5.73 Å². The Balaban J connectivity index is 1.76. The summed E-state index contributed by atoms with van der Waals surface area (Å²) in [7, 11) is 0. The predicted octanol–water partition coefficient (Wildman–Crippen LogP) is -0.360. The highest BCUT2D eigenvalue weighted by molar-refractivity contribution is 5.73. The Kier molecular flexibility index (Phi) is 2.74. The first kappa shape index (κ1) is 9.93. The summed E-state index contributed by atoms with van der Waals surface area (Å²) in [4.78, 5) is 15.5. The third-order valence-corrected chi connectivity index (χ3v) is 3.36. The summed E-state index contributed by atoms with van der Waals surface area (Å²) >= 11 is 0. The van der Waals surface area contributed by atoms with Crippen molar-refractivity contribution in [2.45, 2.75) is 31.8 Å². The van der Waals surface area contributed by atoms with Gasteiger partial charge in [0.05, 0.1) is 0 Å². The zero-order valence-electron chi connectivity index (χ0n) is 8.78. The quantitative estimate of drug-likeness (QED) is 0.624. The summed E-state index contributed by atoms with van der Waals surface area (Å²) < 4.78 is 0. The van der Waals surface area contributed by atoms with E-state index < -0.39 is 0 Å². The molecule has 2 fully saturated rings. The molecule has 4 nitrogen and oxygen atoms in total. The standard InChI is InChI=1S/C10H19N3O/c1-8(14)12-4-2-10(3-5-12)13-6-9(11)7-13/h9-10H,2-7,11H2,1H3. The summed E-state index contributed by atoms with van der Waals surface area (Å²) in [6.45, 7) is 5.59. The number of piperidine rings is 1. The molecule has 0 atom stereocenters. The Morgan fingerprint density at radius 3 is 2.29 bits per heavy atom. The fourth-order valence-electron chi connectivity index (χ4n) is 2.39. The van der Waals surface area contributed by atoms with Crippen molar-refractivity contribution in [3.63, 3.8) is 0 Å². The average Bonchev–Trinajstić information content (AvgIpc) is 2.13. The van der Waals surface area contributed by atoms with Gasteiger partial charge in [-0.1, -0.05) is 0 Å². The van der Waals surface area contributed by atoms with Crippen LogP contribution in [0.15, 0.2) is 0 Å². The smallest absolute Gasteiger partial charge is 0.219 e. The number of nitrogens with zero attached hydrogens (tertiary/aromatic N) is 2. The van der Waals surface area contributed by atoms with E-state index >= 15 is 0 Å². The second-order valence-electron chi connectivity index (χ2n) is 4.45. The molecular formula is C10H19N3O. The molecule has 2 heterocycles. The van der Waals surface area contributed by atoms with Gasteiger partial charge in [0.2, 0.25) is 5.91 Å². The van der Waals surface area contributed by atoms with Crippen molar-refractivity contribution in [3.05, 3.63) is 0 Å². The number of amides is 1. The lowest BCUT2D eigenvalue weighted by Gasteiger charge is -2.45. The van der Waals surface area contributed by atoms with E-state index in [0.29, 0.717) is 12.1 Å². The molecular weight excluding hydrogens is 178 g/mol. The third-order valence-electron chi connectivity index (χ3n) is 3.36. The minimum absolute atomic E-state index is 0.212. The lowest BCUT2D eigenvalue weighted by molar-refractivity contribution is -0.130. The molecule has 0 aromatic rings. The molecule has 1 amide bonds. The predicted molar refractivity (Wildman–Crippen MR) is 54.8 cm³/mol. The number of hydrogen-bond acceptors (Lipinski definition) is 3. The fraction of sp³-hybridized carbons (Fsp3) is 0.900. The van der Waals surface area contributed by atoms with Gasteiger partial charge >= 0.3 is 0 Å². The average molecular weight is 197 g/mol. The Morgan fingerprint density at radius 1 is 1.29 bits per heavy atom. The summed E-state index contributed by atoms with van der Waals surface area (Å²) in [6.07, 6.45) is 2.23. The Morgan fingerprint density at radius 2 is 1.86 bits per heavy atom. The van der Waals surface area contributed by atoms with Crippen molar-refractivity contribution in [1.82, 2.24) is 9.80 Å². The zero-order valence-corrected chi connectivity index (χ0v) is 8.78. The molecule has 80 valence electrons. The van der Waals surface area contributed by atoms with E-state index in [4.69, 9.17) is 5.73 Å². The normalized spacial score (nSPS) is 26.3. The molecule has 0 aromatic heterocycles. The maximum Gasteiger partial charge on any atom is 0.219 e. The second kappa shape index (κ2) is 3.87. The first-order valence-corrected chi connectivity index (χ1v) is 5.42. The van der Waals surface area contributed by atoms with Gasteiger partial charge in [-0.2, -0.15) is 0 Å². The van der Waals surface area contributed by atoms with Crippen LogP contribution in [-0.2, 0) is 4.79 Å². The van der Waals surface area contributed by atoms with Gasteiger partial charge < -0.3 is 10.6 Å². The summed E-state index contributed by atoms with van der Waals surface area (Å²) in [5.74, 6) is 0.212. The maximum absolute atomic E-state index is 11.1. The van der Waals surface area contributed by atoms with Crippen LogP contribution in [0.1, 0.15) is 19.8 Å². The molecule has 0 saturated carbocycles. The first-order chi connectivity index (χ1) is 6.66. The van der Waals surface area contributed by atoms with Crippen LogP contribution in [0.5, 0.6) is 0 Å². The number of likely N-dealkylation sites (tertiary alicyclic amines) is 2.